The quantitative estimate of drug-likeness (QED) is 0.593. The zero-order valence-electron chi connectivity index (χ0n) is 17.0. The summed E-state index contributed by atoms with van der Waals surface area (Å²) in [5.41, 5.74) is 2.16. The van der Waals surface area contributed by atoms with Crippen LogP contribution in [0, 0.1) is 6.92 Å². The Bertz CT molecular complexity index is 958. The second kappa shape index (κ2) is 9.68. The Hall–Kier alpha value is -3.41. The molecule has 29 heavy (non-hydrogen) atoms. The number of carbonyl (C=O) groups is 1. The minimum Gasteiger partial charge on any atom is -0.489 e. The van der Waals surface area contributed by atoms with Gasteiger partial charge in [0.05, 0.1) is 11.8 Å². The van der Waals surface area contributed by atoms with E-state index in [1.807, 2.05) is 56.3 Å². The normalized spacial score (nSPS) is 10.6. The molecule has 1 amide bonds. The molecule has 2 N–H and O–H groups in total. The molecule has 2 aromatic carbocycles. The summed E-state index contributed by atoms with van der Waals surface area (Å²) < 4.78 is 5.76. The van der Waals surface area contributed by atoms with Gasteiger partial charge in [0.2, 0.25) is 0 Å². The molecule has 0 spiro atoms. The van der Waals surface area contributed by atoms with E-state index in [1.54, 1.807) is 13.0 Å². The molecule has 0 fully saturated rings. The SMILES string of the molecule is Cc1nc(NCCc2ccccc2)cc(C(=O)Nc2ccccc2OC(C)C)n1. The Labute approximate surface area is 171 Å². The fraction of sp³-hybridized carbons (Fsp3) is 0.261. The molecule has 0 bridgehead atoms. The maximum Gasteiger partial charge on any atom is 0.274 e. The van der Waals surface area contributed by atoms with E-state index in [0.717, 1.165) is 6.42 Å². The van der Waals surface area contributed by atoms with Gasteiger partial charge in [-0.25, -0.2) is 9.97 Å². The summed E-state index contributed by atoms with van der Waals surface area (Å²) in [5.74, 6) is 1.49. The smallest absolute Gasteiger partial charge is 0.274 e. The van der Waals surface area contributed by atoms with Crippen molar-refractivity contribution in [2.45, 2.75) is 33.3 Å². The van der Waals surface area contributed by atoms with Crippen LogP contribution in [0.2, 0.25) is 0 Å². The van der Waals surface area contributed by atoms with Crippen molar-refractivity contribution in [2.24, 2.45) is 0 Å². The third kappa shape index (κ3) is 6.04. The summed E-state index contributed by atoms with van der Waals surface area (Å²) in [5, 5.41) is 6.16. The van der Waals surface area contributed by atoms with Crippen LogP contribution in [0.3, 0.4) is 0 Å². The van der Waals surface area contributed by atoms with Gasteiger partial charge in [0.25, 0.3) is 5.91 Å². The molecule has 0 aliphatic rings. The number of aryl methyl sites for hydroxylation is 1. The Morgan fingerprint density at radius 2 is 1.76 bits per heavy atom. The summed E-state index contributed by atoms with van der Waals surface area (Å²) in [7, 11) is 0. The zero-order chi connectivity index (χ0) is 20.6. The monoisotopic (exact) mass is 390 g/mol. The van der Waals surface area contributed by atoms with Crippen LogP contribution in [0.15, 0.2) is 60.7 Å². The lowest BCUT2D eigenvalue weighted by Gasteiger charge is -2.15. The van der Waals surface area contributed by atoms with Crippen LogP contribution in [-0.4, -0.2) is 28.5 Å². The van der Waals surface area contributed by atoms with E-state index in [0.29, 0.717) is 35.3 Å². The van der Waals surface area contributed by atoms with Crippen LogP contribution in [0.5, 0.6) is 5.75 Å². The van der Waals surface area contributed by atoms with E-state index in [1.165, 1.54) is 5.56 Å². The van der Waals surface area contributed by atoms with E-state index >= 15 is 0 Å². The molecular formula is C23H26N4O2. The molecule has 3 aromatic rings. The number of para-hydroxylation sites is 2. The predicted molar refractivity (Wildman–Crippen MR) is 116 cm³/mol. The van der Waals surface area contributed by atoms with Crippen LogP contribution >= 0.6 is 0 Å². The maximum atomic E-state index is 12.8. The lowest BCUT2D eigenvalue weighted by atomic mass is 10.1. The fourth-order valence-corrected chi connectivity index (χ4v) is 2.87. The number of nitrogens with zero attached hydrogens (tertiary/aromatic N) is 2. The fourth-order valence-electron chi connectivity index (χ4n) is 2.87. The van der Waals surface area contributed by atoms with E-state index in [4.69, 9.17) is 4.74 Å². The Balaban J connectivity index is 1.68. The molecular weight excluding hydrogens is 364 g/mol. The largest absolute Gasteiger partial charge is 0.489 e. The van der Waals surface area contributed by atoms with Gasteiger partial charge in [0.1, 0.15) is 23.1 Å². The standard InChI is InChI=1S/C23H26N4O2/c1-16(2)29-21-12-8-7-11-19(21)27-23(28)20-15-22(26-17(3)25-20)24-14-13-18-9-5-4-6-10-18/h4-12,15-16H,13-14H2,1-3H3,(H,27,28)(H,24,25,26). The van der Waals surface area contributed by atoms with Crippen LogP contribution in [0.1, 0.15) is 35.7 Å². The van der Waals surface area contributed by atoms with E-state index < -0.39 is 0 Å². The van der Waals surface area contributed by atoms with Crippen molar-refractivity contribution in [1.82, 2.24) is 9.97 Å². The van der Waals surface area contributed by atoms with Gasteiger partial charge in [-0.15, -0.1) is 0 Å². The second-order valence-electron chi connectivity index (χ2n) is 6.96. The number of anilines is 2. The van der Waals surface area contributed by atoms with Crippen molar-refractivity contribution in [3.8, 4) is 5.75 Å². The van der Waals surface area contributed by atoms with Gasteiger partial charge in [0, 0.05) is 12.6 Å². The van der Waals surface area contributed by atoms with Crippen LogP contribution < -0.4 is 15.4 Å². The van der Waals surface area contributed by atoms with Crippen molar-refractivity contribution in [3.05, 3.63) is 77.7 Å². The van der Waals surface area contributed by atoms with E-state index in [-0.39, 0.29) is 12.0 Å². The lowest BCUT2D eigenvalue weighted by molar-refractivity contribution is 0.102. The zero-order valence-corrected chi connectivity index (χ0v) is 17.0. The van der Waals surface area contributed by atoms with Gasteiger partial charge in [-0.05, 0) is 44.9 Å². The number of benzene rings is 2. The molecule has 0 saturated carbocycles. The number of aromatic nitrogens is 2. The van der Waals surface area contributed by atoms with Crippen molar-refractivity contribution < 1.29 is 9.53 Å². The molecule has 0 saturated heterocycles. The topological polar surface area (TPSA) is 76.1 Å². The average Bonchev–Trinajstić information content (AvgIpc) is 2.69. The van der Waals surface area contributed by atoms with Crippen molar-refractivity contribution in [3.63, 3.8) is 0 Å². The number of ether oxygens (including phenoxy) is 1. The van der Waals surface area contributed by atoms with Crippen LogP contribution in [0.25, 0.3) is 0 Å². The van der Waals surface area contributed by atoms with Crippen LogP contribution in [-0.2, 0) is 6.42 Å². The molecule has 0 aliphatic heterocycles. The third-order valence-corrected chi connectivity index (χ3v) is 4.13. The van der Waals surface area contributed by atoms with Crippen molar-refractivity contribution in [1.29, 1.82) is 0 Å². The summed E-state index contributed by atoms with van der Waals surface area (Å²) >= 11 is 0. The highest BCUT2D eigenvalue weighted by Crippen LogP contribution is 2.25. The van der Waals surface area contributed by atoms with Gasteiger partial charge >= 0.3 is 0 Å². The number of carbonyl (C=O) groups excluding carboxylic acids is 1. The molecule has 1 aromatic heterocycles. The van der Waals surface area contributed by atoms with Gasteiger partial charge in [0.15, 0.2) is 0 Å². The third-order valence-electron chi connectivity index (χ3n) is 4.13. The minimum absolute atomic E-state index is 0.00904. The van der Waals surface area contributed by atoms with Crippen molar-refractivity contribution in [2.75, 3.05) is 17.2 Å². The van der Waals surface area contributed by atoms with E-state index in [2.05, 4.69) is 32.7 Å². The molecule has 0 atom stereocenters. The molecule has 6 heteroatoms. The Morgan fingerprint density at radius 1 is 1.03 bits per heavy atom. The molecule has 150 valence electrons. The number of amides is 1. The predicted octanol–water partition coefficient (Wildman–Crippen LogP) is 4.48. The molecule has 1 heterocycles. The Morgan fingerprint density at radius 3 is 2.52 bits per heavy atom. The number of hydrogen-bond donors (Lipinski definition) is 2. The van der Waals surface area contributed by atoms with Crippen LogP contribution in [0.4, 0.5) is 11.5 Å². The van der Waals surface area contributed by atoms with Gasteiger partial charge < -0.3 is 15.4 Å². The molecule has 3 rings (SSSR count). The summed E-state index contributed by atoms with van der Waals surface area (Å²) in [6.45, 7) is 6.38. The second-order valence-corrected chi connectivity index (χ2v) is 6.96. The van der Waals surface area contributed by atoms with Gasteiger partial charge in [-0.1, -0.05) is 42.5 Å². The van der Waals surface area contributed by atoms with Gasteiger partial charge in [-0.2, -0.15) is 0 Å². The molecule has 0 unspecified atom stereocenters. The number of nitrogens with one attached hydrogen (secondary N) is 2. The number of hydrogen-bond acceptors (Lipinski definition) is 5. The summed E-state index contributed by atoms with van der Waals surface area (Å²) in [4.78, 5) is 21.4. The number of rotatable bonds is 8. The molecule has 6 nitrogen and oxygen atoms in total. The molecule has 0 radical (unpaired) electrons. The lowest BCUT2D eigenvalue weighted by Crippen LogP contribution is -2.17. The first-order valence-electron chi connectivity index (χ1n) is 9.72. The minimum atomic E-state index is -0.304. The molecule has 0 aliphatic carbocycles. The first kappa shape index (κ1) is 20.3. The highest BCUT2D eigenvalue weighted by Gasteiger charge is 2.14. The maximum absolute atomic E-state index is 12.8. The Kier molecular flexibility index (Phi) is 6.79. The summed E-state index contributed by atoms with van der Waals surface area (Å²) in [6, 6.07) is 19.2. The first-order valence-corrected chi connectivity index (χ1v) is 9.72. The highest BCUT2D eigenvalue weighted by molar-refractivity contribution is 6.04. The van der Waals surface area contributed by atoms with Crippen molar-refractivity contribution >= 4 is 17.4 Å². The highest BCUT2D eigenvalue weighted by atomic mass is 16.5. The van der Waals surface area contributed by atoms with Gasteiger partial charge in [-0.3, -0.25) is 4.79 Å². The average molecular weight is 390 g/mol. The first-order chi connectivity index (χ1) is 14.0. The summed E-state index contributed by atoms with van der Waals surface area (Å²) in [6.07, 6.45) is 0.875. The van der Waals surface area contributed by atoms with E-state index in [9.17, 15) is 4.79 Å².